The van der Waals surface area contributed by atoms with E-state index in [4.69, 9.17) is 0 Å². The number of carbonyl (C=O) groups excluding carboxylic acids is 4. The van der Waals surface area contributed by atoms with Crippen molar-refractivity contribution in [3.63, 3.8) is 0 Å². The molecule has 2 fully saturated rings. The average molecular weight is 385 g/mol. The van der Waals surface area contributed by atoms with Crippen LogP contribution in [-0.2, 0) is 16.0 Å². The number of urea groups is 1. The number of nitrogens with zero attached hydrogens (tertiary/aromatic N) is 1. The van der Waals surface area contributed by atoms with Crippen LogP contribution in [0.1, 0.15) is 55.5 Å². The molecule has 0 aromatic heterocycles. The minimum atomic E-state index is -0.844. The number of hydrogen-bond acceptors (Lipinski definition) is 4. The first-order valence-corrected chi connectivity index (χ1v) is 9.84. The van der Waals surface area contributed by atoms with Crippen molar-refractivity contribution in [3.8, 4) is 0 Å². The van der Waals surface area contributed by atoms with Crippen LogP contribution in [-0.4, -0.2) is 47.2 Å². The molecule has 2 atom stereocenters. The summed E-state index contributed by atoms with van der Waals surface area (Å²) in [4.78, 5) is 50.0. The molecule has 1 aromatic rings. The van der Waals surface area contributed by atoms with E-state index < -0.39 is 11.6 Å². The van der Waals surface area contributed by atoms with Gasteiger partial charge in [-0.3, -0.25) is 19.3 Å². The molecule has 1 saturated heterocycles. The molecule has 2 N–H and O–H groups in total. The Kier molecular flexibility index (Phi) is 5.82. The highest BCUT2D eigenvalue weighted by atomic mass is 16.2. The van der Waals surface area contributed by atoms with Gasteiger partial charge in [0.25, 0.3) is 5.91 Å². The Morgan fingerprint density at radius 1 is 1.21 bits per heavy atom. The standard InChI is InChI=1S/C21H27N3O4/c1-14-5-3-4-11-21(14)19(27)24(20(28)23-21)13-18(26)17-8-6-16(7-9-17)10-12-22-15(2)25/h6-9,14H,3-5,10-13H2,1-2H3,(H,22,25)(H,23,28)/t14-,21-/m1/s1. The maximum atomic E-state index is 13.0. The van der Waals surface area contributed by atoms with Crippen LogP contribution in [0.2, 0.25) is 0 Å². The number of Topliss-reactive ketones (excluding diaryl/α,β-unsaturated/α-hetero) is 1. The predicted molar refractivity (Wildman–Crippen MR) is 104 cm³/mol. The lowest BCUT2D eigenvalue weighted by Gasteiger charge is -2.36. The molecule has 1 aliphatic carbocycles. The second-order valence-electron chi connectivity index (χ2n) is 7.79. The summed E-state index contributed by atoms with van der Waals surface area (Å²) < 4.78 is 0. The van der Waals surface area contributed by atoms with Crippen molar-refractivity contribution < 1.29 is 19.2 Å². The fraction of sp³-hybridized carbons (Fsp3) is 0.524. The summed E-state index contributed by atoms with van der Waals surface area (Å²) in [6.07, 6.45) is 4.15. The number of carbonyl (C=O) groups is 4. The molecule has 0 bridgehead atoms. The van der Waals surface area contributed by atoms with E-state index in [2.05, 4.69) is 10.6 Å². The highest BCUT2D eigenvalue weighted by Gasteiger charge is 2.55. The zero-order valence-electron chi connectivity index (χ0n) is 16.4. The second-order valence-corrected chi connectivity index (χ2v) is 7.79. The molecule has 4 amide bonds. The second kappa shape index (κ2) is 8.12. The largest absolute Gasteiger partial charge is 0.356 e. The summed E-state index contributed by atoms with van der Waals surface area (Å²) in [6.45, 7) is 3.74. The minimum Gasteiger partial charge on any atom is -0.356 e. The van der Waals surface area contributed by atoms with Crippen molar-refractivity contribution >= 4 is 23.6 Å². The first-order chi connectivity index (χ1) is 13.3. The topological polar surface area (TPSA) is 95.6 Å². The van der Waals surface area contributed by atoms with Crippen LogP contribution in [0, 0.1) is 5.92 Å². The zero-order valence-corrected chi connectivity index (χ0v) is 16.4. The molecule has 2 aliphatic rings. The van der Waals surface area contributed by atoms with Gasteiger partial charge < -0.3 is 10.6 Å². The fourth-order valence-corrected chi connectivity index (χ4v) is 4.11. The number of benzene rings is 1. The Morgan fingerprint density at radius 2 is 1.93 bits per heavy atom. The SMILES string of the molecule is CC(=O)NCCc1ccc(C(=O)CN2C(=O)N[C@@]3(CCCC[C@H]3C)C2=O)cc1. The van der Waals surface area contributed by atoms with E-state index in [1.54, 1.807) is 12.1 Å². The third kappa shape index (κ3) is 3.93. The predicted octanol–water partition coefficient (Wildman–Crippen LogP) is 2.05. The van der Waals surface area contributed by atoms with Gasteiger partial charge in [0.2, 0.25) is 5.91 Å². The van der Waals surface area contributed by atoms with Crippen LogP contribution in [0.15, 0.2) is 24.3 Å². The molecule has 3 rings (SSSR count). The molecule has 0 unspecified atom stereocenters. The van der Waals surface area contributed by atoms with Crippen molar-refractivity contribution in [2.75, 3.05) is 13.1 Å². The molecule has 7 nitrogen and oxygen atoms in total. The lowest BCUT2D eigenvalue weighted by Crippen LogP contribution is -2.54. The van der Waals surface area contributed by atoms with Crippen molar-refractivity contribution in [1.82, 2.24) is 15.5 Å². The van der Waals surface area contributed by atoms with Crippen molar-refractivity contribution in [3.05, 3.63) is 35.4 Å². The number of nitrogens with one attached hydrogen (secondary N) is 2. The normalized spacial score (nSPS) is 24.4. The van der Waals surface area contributed by atoms with E-state index in [0.29, 0.717) is 24.9 Å². The summed E-state index contributed by atoms with van der Waals surface area (Å²) >= 11 is 0. The first-order valence-electron chi connectivity index (χ1n) is 9.84. The van der Waals surface area contributed by atoms with Crippen molar-refractivity contribution in [1.29, 1.82) is 0 Å². The number of amides is 4. The number of imide groups is 1. The van der Waals surface area contributed by atoms with Gasteiger partial charge in [-0.05, 0) is 30.7 Å². The van der Waals surface area contributed by atoms with Crippen LogP contribution in [0.4, 0.5) is 4.79 Å². The Balaban J connectivity index is 1.63. The van der Waals surface area contributed by atoms with Crippen molar-refractivity contribution in [2.24, 2.45) is 5.92 Å². The highest BCUT2D eigenvalue weighted by molar-refractivity contribution is 6.11. The highest BCUT2D eigenvalue weighted by Crippen LogP contribution is 2.38. The zero-order chi connectivity index (χ0) is 20.3. The molecule has 150 valence electrons. The smallest absolute Gasteiger partial charge is 0.325 e. The molecule has 1 saturated carbocycles. The van der Waals surface area contributed by atoms with E-state index in [1.165, 1.54) is 6.92 Å². The van der Waals surface area contributed by atoms with Gasteiger partial charge in [-0.15, -0.1) is 0 Å². The lowest BCUT2D eigenvalue weighted by molar-refractivity contribution is -0.133. The Morgan fingerprint density at radius 3 is 2.57 bits per heavy atom. The fourth-order valence-electron chi connectivity index (χ4n) is 4.11. The molecule has 1 spiro atoms. The number of hydrogen-bond donors (Lipinski definition) is 2. The third-order valence-electron chi connectivity index (χ3n) is 5.87. The molecular weight excluding hydrogens is 358 g/mol. The summed E-state index contributed by atoms with van der Waals surface area (Å²) in [5, 5.41) is 5.59. The molecule has 1 aromatic carbocycles. The summed E-state index contributed by atoms with van der Waals surface area (Å²) in [6, 6.07) is 6.57. The van der Waals surface area contributed by atoms with E-state index in [0.717, 1.165) is 29.7 Å². The van der Waals surface area contributed by atoms with E-state index in [1.807, 2.05) is 19.1 Å². The van der Waals surface area contributed by atoms with Gasteiger partial charge in [0.05, 0.1) is 6.54 Å². The Labute approximate surface area is 164 Å². The molecule has 28 heavy (non-hydrogen) atoms. The summed E-state index contributed by atoms with van der Waals surface area (Å²) in [5.74, 6) is -0.548. The van der Waals surface area contributed by atoms with Crippen LogP contribution < -0.4 is 10.6 Å². The number of rotatable bonds is 6. The molecule has 1 aliphatic heterocycles. The summed E-state index contributed by atoms with van der Waals surface area (Å²) in [7, 11) is 0. The third-order valence-corrected chi connectivity index (χ3v) is 5.87. The molecule has 0 radical (unpaired) electrons. The van der Waals surface area contributed by atoms with Gasteiger partial charge in [0, 0.05) is 19.0 Å². The van der Waals surface area contributed by atoms with Gasteiger partial charge in [-0.2, -0.15) is 0 Å². The van der Waals surface area contributed by atoms with Gasteiger partial charge in [0.15, 0.2) is 5.78 Å². The van der Waals surface area contributed by atoms with E-state index >= 15 is 0 Å². The van der Waals surface area contributed by atoms with Crippen LogP contribution in [0.25, 0.3) is 0 Å². The lowest BCUT2D eigenvalue weighted by atomic mass is 9.73. The van der Waals surface area contributed by atoms with Gasteiger partial charge in [-0.1, -0.05) is 44.0 Å². The van der Waals surface area contributed by atoms with Gasteiger partial charge in [-0.25, -0.2) is 4.79 Å². The van der Waals surface area contributed by atoms with Crippen LogP contribution >= 0.6 is 0 Å². The monoisotopic (exact) mass is 385 g/mol. The summed E-state index contributed by atoms with van der Waals surface area (Å²) in [5.41, 5.74) is 0.611. The van der Waals surface area contributed by atoms with Crippen LogP contribution in [0.5, 0.6) is 0 Å². The first kappa shape index (κ1) is 20.0. The number of ketones is 1. The molecular formula is C21H27N3O4. The Bertz CT molecular complexity index is 789. The van der Waals surface area contributed by atoms with E-state index in [-0.39, 0.29) is 30.1 Å². The average Bonchev–Trinajstić information content (AvgIpc) is 2.89. The Hall–Kier alpha value is -2.70. The van der Waals surface area contributed by atoms with Crippen molar-refractivity contribution in [2.45, 2.75) is 51.5 Å². The maximum absolute atomic E-state index is 13.0. The van der Waals surface area contributed by atoms with Gasteiger partial charge >= 0.3 is 6.03 Å². The van der Waals surface area contributed by atoms with E-state index in [9.17, 15) is 19.2 Å². The molecule has 1 heterocycles. The quantitative estimate of drug-likeness (QED) is 0.579. The maximum Gasteiger partial charge on any atom is 0.325 e. The minimum absolute atomic E-state index is 0.0701. The van der Waals surface area contributed by atoms with Crippen LogP contribution in [0.3, 0.4) is 0 Å². The molecule has 7 heteroatoms. The van der Waals surface area contributed by atoms with Gasteiger partial charge in [0.1, 0.15) is 5.54 Å².